The minimum atomic E-state index is -0.671. The average molecular weight is 208 g/mol. The number of carboxylic acid groups (broad SMARTS) is 1. The molecular formula is C12H16O3. The maximum absolute atomic E-state index is 12.1. The lowest BCUT2D eigenvalue weighted by Gasteiger charge is -2.58. The Balaban J connectivity index is 2.06. The van der Waals surface area contributed by atoms with Crippen LogP contribution in [0.15, 0.2) is 0 Å². The highest BCUT2D eigenvalue weighted by atomic mass is 16.4. The second-order valence-corrected chi connectivity index (χ2v) is 6.10. The molecular weight excluding hydrogens is 192 g/mol. The van der Waals surface area contributed by atoms with Crippen molar-refractivity contribution in [1.82, 2.24) is 0 Å². The maximum Gasteiger partial charge on any atom is 0.309 e. The van der Waals surface area contributed by atoms with Crippen LogP contribution in [0.2, 0.25) is 0 Å². The zero-order valence-corrected chi connectivity index (χ0v) is 8.95. The first-order valence-corrected chi connectivity index (χ1v) is 5.73. The lowest BCUT2D eigenvalue weighted by molar-refractivity contribution is -0.178. The third-order valence-corrected chi connectivity index (χ3v) is 4.82. The molecule has 15 heavy (non-hydrogen) atoms. The van der Waals surface area contributed by atoms with Gasteiger partial charge in [-0.1, -0.05) is 6.92 Å². The molecule has 1 N–H and O–H groups in total. The van der Waals surface area contributed by atoms with Crippen LogP contribution in [0.5, 0.6) is 0 Å². The molecule has 0 heterocycles. The number of hydrogen-bond acceptors (Lipinski definition) is 2. The van der Waals surface area contributed by atoms with Crippen molar-refractivity contribution < 1.29 is 14.7 Å². The van der Waals surface area contributed by atoms with Crippen molar-refractivity contribution in [2.75, 3.05) is 0 Å². The highest BCUT2D eigenvalue weighted by Crippen LogP contribution is 2.63. The van der Waals surface area contributed by atoms with Crippen molar-refractivity contribution in [3.8, 4) is 0 Å². The van der Waals surface area contributed by atoms with Gasteiger partial charge in [0.05, 0.1) is 5.41 Å². The molecule has 0 aliphatic heterocycles. The number of carbonyl (C=O) groups is 2. The van der Waals surface area contributed by atoms with Crippen LogP contribution in [0.4, 0.5) is 0 Å². The lowest BCUT2D eigenvalue weighted by atomic mass is 9.44. The van der Waals surface area contributed by atoms with Crippen LogP contribution >= 0.6 is 0 Å². The van der Waals surface area contributed by atoms with Gasteiger partial charge in [-0.25, -0.2) is 0 Å². The Morgan fingerprint density at radius 1 is 1.40 bits per heavy atom. The summed E-state index contributed by atoms with van der Waals surface area (Å²) in [4.78, 5) is 23.5. The second-order valence-electron chi connectivity index (χ2n) is 6.10. The minimum absolute atomic E-state index is 0.0485. The van der Waals surface area contributed by atoms with Crippen LogP contribution in [0, 0.1) is 22.7 Å². The molecule has 4 rings (SSSR count). The largest absolute Gasteiger partial charge is 0.481 e. The van der Waals surface area contributed by atoms with E-state index in [1.54, 1.807) is 0 Å². The molecule has 0 aromatic rings. The minimum Gasteiger partial charge on any atom is -0.481 e. The summed E-state index contributed by atoms with van der Waals surface area (Å²) in [6.07, 6.45) is 3.87. The van der Waals surface area contributed by atoms with Crippen molar-refractivity contribution in [2.45, 2.75) is 39.0 Å². The molecule has 0 saturated heterocycles. The van der Waals surface area contributed by atoms with E-state index in [1.807, 2.05) is 6.92 Å². The van der Waals surface area contributed by atoms with Gasteiger partial charge in [0.15, 0.2) is 0 Å². The fourth-order valence-electron chi connectivity index (χ4n) is 4.56. The van der Waals surface area contributed by atoms with E-state index in [0.717, 1.165) is 19.3 Å². The van der Waals surface area contributed by atoms with E-state index >= 15 is 0 Å². The highest BCUT2D eigenvalue weighted by molar-refractivity contribution is 5.92. The third-order valence-electron chi connectivity index (χ3n) is 4.82. The summed E-state index contributed by atoms with van der Waals surface area (Å²) >= 11 is 0. The number of carboxylic acids is 1. The molecule has 0 aromatic carbocycles. The van der Waals surface area contributed by atoms with Crippen molar-refractivity contribution in [3.63, 3.8) is 0 Å². The predicted molar refractivity (Wildman–Crippen MR) is 53.2 cm³/mol. The molecule has 0 spiro atoms. The van der Waals surface area contributed by atoms with Gasteiger partial charge in [0, 0.05) is 11.3 Å². The molecule has 4 aliphatic carbocycles. The summed E-state index contributed by atoms with van der Waals surface area (Å²) in [6, 6.07) is 0. The summed E-state index contributed by atoms with van der Waals surface area (Å²) in [7, 11) is 0. The molecule has 4 aliphatic rings. The molecule has 3 heteroatoms. The average Bonchev–Trinajstić information content (AvgIpc) is 2.12. The zero-order valence-electron chi connectivity index (χ0n) is 8.95. The van der Waals surface area contributed by atoms with Crippen molar-refractivity contribution >= 4 is 11.8 Å². The Kier molecular flexibility index (Phi) is 1.53. The number of ketones is 1. The first-order chi connectivity index (χ1) is 6.95. The normalized spacial score (nSPS) is 52.2. The van der Waals surface area contributed by atoms with Gasteiger partial charge in [-0.2, -0.15) is 0 Å². The monoisotopic (exact) mass is 208 g/mol. The molecule has 0 aromatic heterocycles. The van der Waals surface area contributed by atoms with Gasteiger partial charge in [0.25, 0.3) is 0 Å². The quantitative estimate of drug-likeness (QED) is 0.715. The Morgan fingerprint density at radius 2 is 2.13 bits per heavy atom. The van der Waals surface area contributed by atoms with E-state index in [9.17, 15) is 14.7 Å². The van der Waals surface area contributed by atoms with Crippen LogP contribution in [-0.4, -0.2) is 16.9 Å². The molecule has 0 amide bonds. The summed E-state index contributed by atoms with van der Waals surface area (Å²) < 4.78 is 0. The van der Waals surface area contributed by atoms with E-state index in [0.29, 0.717) is 24.5 Å². The number of hydrogen-bond donors (Lipinski definition) is 1. The fourth-order valence-corrected chi connectivity index (χ4v) is 4.56. The first-order valence-electron chi connectivity index (χ1n) is 5.73. The van der Waals surface area contributed by atoms with Crippen molar-refractivity contribution in [3.05, 3.63) is 0 Å². The Bertz CT molecular complexity index is 362. The van der Waals surface area contributed by atoms with Gasteiger partial charge >= 0.3 is 5.97 Å². The maximum atomic E-state index is 12.1. The Morgan fingerprint density at radius 3 is 2.73 bits per heavy atom. The van der Waals surface area contributed by atoms with Crippen LogP contribution in [0.25, 0.3) is 0 Å². The fraction of sp³-hybridized carbons (Fsp3) is 0.833. The Labute approximate surface area is 88.9 Å². The first kappa shape index (κ1) is 9.37. The smallest absolute Gasteiger partial charge is 0.309 e. The molecule has 3 nitrogen and oxygen atoms in total. The van der Waals surface area contributed by atoms with Crippen LogP contribution in [0.3, 0.4) is 0 Å². The van der Waals surface area contributed by atoms with Crippen molar-refractivity contribution in [1.29, 1.82) is 0 Å². The Hall–Kier alpha value is -0.860. The molecule has 4 unspecified atom stereocenters. The van der Waals surface area contributed by atoms with Crippen LogP contribution in [-0.2, 0) is 9.59 Å². The SMILES string of the molecule is CC12CC3CC(CC(C(=O)O)(C3)C1)C2=O. The van der Waals surface area contributed by atoms with Gasteiger partial charge in [-0.15, -0.1) is 0 Å². The predicted octanol–water partition coefficient (Wildman–Crippen LogP) is 1.86. The van der Waals surface area contributed by atoms with E-state index in [-0.39, 0.29) is 11.3 Å². The van der Waals surface area contributed by atoms with E-state index in [2.05, 4.69) is 0 Å². The second kappa shape index (κ2) is 2.45. The number of aliphatic carboxylic acids is 1. The number of carbonyl (C=O) groups excluding carboxylic acids is 1. The summed E-state index contributed by atoms with van der Waals surface area (Å²) in [5.41, 5.74) is -0.878. The lowest BCUT2D eigenvalue weighted by Crippen LogP contribution is -2.59. The van der Waals surface area contributed by atoms with Crippen LogP contribution < -0.4 is 0 Å². The summed E-state index contributed by atoms with van der Waals surface area (Å²) in [5, 5.41) is 9.37. The molecule has 4 saturated carbocycles. The summed E-state index contributed by atoms with van der Waals surface area (Å²) in [5.74, 6) is 0.203. The van der Waals surface area contributed by atoms with Crippen LogP contribution in [0.1, 0.15) is 39.0 Å². The molecule has 4 fully saturated rings. The molecule has 82 valence electrons. The van der Waals surface area contributed by atoms with E-state index < -0.39 is 11.4 Å². The van der Waals surface area contributed by atoms with Gasteiger partial charge in [0.1, 0.15) is 5.78 Å². The third kappa shape index (κ3) is 1.01. The van der Waals surface area contributed by atoms with Crippen molar-refractivity contribution in [2.24, 2.45) is 22.7 Å². The topological polar surface area (TPSA) is 54.4 Å². The standard InChI is InChI=1S/C12H16O3/c1-11-3-7-2-8(9(11)13)5-12(4-7,6-11)10(14)15/h7-8H,2-6H2,1H3,(H,14,15). The number of rotatable bonds is 1. The highest BCUT2D eigenvalue weighted by Gasteiger charge is 2.63. The number of Topliss-reactive ketones (excluding diaryl/α,β-unsaturated/α-hetero) is 1. The van der Waals surface area contributed by atoms with Gasteiger partial charge in [-0.05, 0) is 38.0 Å². The zero-order chi connectivity index (χ0) is 10.8. The van der Waals surface area contributed by atoms with Gasteiger partial charge < -0.3 is 5.11 Å². The van der Waals surface area contributed by atoms with Gasteiger partial charge in [-0.3, -0.25) is 9.59 Å². The molecule has 0 radical (unpaired) electrons. The molecule has 4 atom stereocenters. The van der Waals surface area contributed by atoms with E-state index in [1.165, 1.54) is 0 Å². The van der Waals surface area contributed by atoms with E-state index in [4.69, 9.17) is 0 Å². The van der Waals surface area contributed by atoms with Gasteiger partial charge in [0.2, 0.25) is 0 Å². The molecule has 4 bridgehead atoms. The summed E-state index contributed by atoms with van der Waals surface area (Å²) in [6.45, 7) is 1.98.